The van der Waals surface area contributed by atoms with Crippen molar-refractivity contribution < 1.29 is 4.74 Å². The van der Waals surface area contributed by atoms with E-state index in [0.717, 1.165) is 16.4 Å². The van der Waals surface area contributed by atoms with Crippen LogP contribution in [0.25, 0.3) is 0 Å². The van der Waals surface area contributed by atoms with Gasteiger partial charge in [0.05, 0.1) is 6.10 Å². The molecule has 0 aromatic heterocycles. The third-order valence-electron chi connectivity index (χ3n) is 1.76. The standard InChI is InChI=1S/C10H12Br2O/c1-2-13-10(7-11)8-5-3-4-6-9(8)12/h3-6,10H,2,7H2,1H3. The van der Waals surface area contributed by atoms with Crippen LogP contribution in [0.2, 0.25) is 0 Å². The summed E-state index contributed by atoms with van der Waals surface area (Å²) in [7, 11) is 0. The molecule has 3 heteroatoms. The van der Waals surface area contributed by atoms with Gasteiger partial charge in [0.15, 0.2) is 0 Å². The summed E-state index contributed by atoms with van der Waals surface area (Å²) < 4.78 is 6.69. The summed E-state index contributed by atoms with van der Waals surface area (Å²) in [5.41, 5.74) is 1.20. The van der Waals surface area contributed by atoms with E-state index in [-0.39, 0.29) is 6.10 Å². The Balaban J connectivity index is 2.84. The first kappa shape index (κ1) is 11.2. The molecule has 0 spiro atoms. The van der Waals surface area contributed by atoms with Crippen molar-refractivity contribution in [2.45, 2.75) is 13.0 Å². The number of hydrogen-bond donors (Lipinski definition) is 0. The first-order chi connectivity index (χ1) is 6.29. The van der Waals surface area contributed by atoms with Crippen LogP contribution in [-0.4, -0.2) is 11.9 Å². The predicted octanol–water partition coefficient (Wildman–Crippen LogP) is 3.92. The number of rotatable bonds is 4. The summed E-state index contributed by atoms with van der Waals surface area (Å²) in [4.78, 5) is 0. The molecule has 0 aliphatic heterocycles. The van der Waals surface area contributed by atoms with Crippen LogP contribution in [0.5, 0.6) is 0 Å². The van der Waals surface area contributed by atoms with E-state index in [9.17, 15) is 0 Å². The Morgan fingerprint density at radius 1 is 1.38 bits per heavy atom. The average molecular weight is 308 g/mol. The minimum Gasteiger partial charge on any atom is -0.373 e. The third kappa shape index (κ3) is 3.08. The molecular weight excluding hydrogens is 296 g/mol. The fraction of sp³-hybridized carbons (Fsp3) is 0.400. The summed E-state index contributed by atoms with van der Waals surface area (Å²) in [5, 5.41) is 0.823. The normalized spacial score (nSPS) is 12.8. The molecule has 1 rings (SSSR count). The van der Waals surface area contributed by atoms with Gasteiger partial charge in [-0.1, -0.05) is 50.1 Å². The van der Waals surface area contributed by atoms with E-state index in [1.165, 1.54) is 5.56 Å². The van der Waals surface area contributed by atoms with Crippen LogP contribution in [0, 0.1) is 0 Å². The van der Waals surface area contributed by atoms with E-state index in [2.05, 4.69) is 37.9 Å². The van der Waals surface area contributed by atoms with Crippen LogP contribution < -0.4 is 0 Å². The SMILES string of the molecule is CCOC(CBr)c1ccccc1Br. The highest BCUT2D eigenvalue weighted by molar-refractivity contribution is 9.10. The van der Waals surface area contributed by atoms with E-state index >= 15 is 0 Å². The van der Waals surface area contributed by atoms with Crippen molar-refractivity contribution in [3.63, 3.8) is 0 Å². The lowest BCUT2D eigenvalue weighted by molar-refractivity contribution is 0.0802. The van der Waals surface area contributed by atoms with Gasteiger partial charge in [-0.3, -0.25) is 0 Å². The van der Waals surface area contributed by atoms with Crippen LogP contribution in [0.4, 0.5) is 0 Å². The fourth-order valence-electron chi connectivity index (χ4n) is 1.15. The first-order valence-electron chi connectivity index (χ1n) is 4.21. The van der Waals surface area contributed by atoms with Crippen LogP contribution in [0.3, 0.4) is 0 Å². The van der Waals surface area contributed by atoms with Gasteiger partial charge in [-0.25, -0.2) is 0 Å². The zero-order valence-corrected chi connectivity index (χ0v) is 10.6. The quantitative estimate of drug-likeness (QED) is 0.766. The summed E-state index contributed by atoms with van der Waals surface area (Å²) in [6.07, 6.45) is 0.139. The Morgan fingerprint density at radius 3 is 2.62 bits per heavy atom. The Morgan fingerprint density at radius 2 is 2.08 bits per heavy atom. The lowest BCUT2D eigenvalue weighted by Gasteiger charge is -2.15. The summed E-state index contributed by atoms with van der Waals surface area (Å²) >= 11 is 6.95. The van der Waals surface area contributed by atoms with Gasteiger partial charge in [0.1, 0.15) is 0 Å². The molecule has 1 unspecified atom stereocenters. The largest absolute Gasteiger partial charge is 0.373 e. The van der Waals surface area contributed by atoms with E-state index in [4.69, 9.17) is 4.74 Å². The van der Waals surface area contributed by atoms with Gasteiger partial charge >= 0.3 is 0 Å². The zero-order chi connectivity index (χ0) is 9.68. The molecule has 0 fully saturated rings. The first-order valence-corrected chi connectivity index (χ1v) is 6.13. The Hall–Kier alpha value is 0.140. The Labute approximate surface area is 95.7 Å². The lowest BCUT2D eigenvalue weighted by atomic mass is 10.1. The van der Waals surface area contributed by atoms with Crippen LogP contribution in [-0.2, 0) is 4.74 Å². The highest BCUT2D eigenvalue weighted by Crippen LogP contribution is 2.26. The Kier molecular flexibility index (Phi) is 4.99. The van der Waals surface area contributed by atoms with Crippen molar-refractivity contribution >= 4 is 31.9 Å². The molecule has 0 aliphatic rings. The van der Waals surface area contributed by atoms with Gasteiger partial charge in [-0.2, -0.15) is 0 Å². The molecule has 1 atom stereocenters. The molecule has 0 bridgehead atoms. The molecule has 13 heavy (non-hydrogen) atoms. The second kappa shape index (κ2) is 5.78. The molecule has 0 saturated carbocycles. The molecule has 0 amide bonds. The zero-order valence-electron chi connectivity index (χ0n) is 7.47. The van der Waals surface area contributed by atoms with Crippen molar-refractivity contribution in [1.29, 1.82) is 0 Å². The van der Waals surface area contributed by atoms with E-state index in [0.29, 0.717) is 0 Å². The van der Waals surface area contributed by atoms with E-state index < -0.39 is 0 Å². The maximum Gasteiger partial charge on any atom is 0.0932 e. The predicted molar refractivity (Wildman–Crippen MR) is 62.3 cm³/mol. The van der Waals surface area contributed by atoms with Gasteiger partial charge in [-0.15, -0.1) is 0 Å². The van der Waals surface area contributed by atoms with Crippen molar-refractivity contribution in [3.8, 4) is 0 Å². The highest BCUT2D eigenvalue weighted by Gasteiger charge is 2.11. The minimum atomic E-state index is 0.139. The van der Waals surface area contributed by atoms with Crippen molar-refractivity contribution in [1.82, 2.24) is 0 Å². The number of benzene rings is 1. The monoisotopic (exact) mass is 306 g/mol. The van der Waals surface area contributed by atoms with Gasteiger partial charge < -0.3 is 4.74 Å². The van der Waals surface area contributed by atoms with Gasteiger partial charge in [0, 0.05) is 16.4 Å². The molecular formula is C10H12Br2O. The average Bonchev–Trinajstić information content (AvgIpc) is 2.16. The van der Waals surface area contributed by atoms with Gasteiger partial charge in [0.25, 0.3) is 0 Å². The number of ether oxygens (including phenoxy) is 1. The maximum absolute atomic E-state index is 5.58. The molecule has 72 valence electrons. The fourth-order valence-corrected chi connectivity index (χ4v) is 2.23. The second-order valence-electron chi connectivity index (χ2n) is 2.62. The highest BCUT2D eigenvalue weighted by atomic mass is 79.9. The summed E-state index contributed by atoms with van der Waals surface area (Å²) in [6.45, 7) is 2.74. The van der Waals surface area contributed by atoms with Crippen molar-refractivity contribution in [2.24, 2.45) is 0 Å². The summed E-state index contributed by atoms with van der Waals surface area (Å²) in [6, 6.07) is 8.13. The van der Waals surface area contributed by atoms with Crippen LogP contribution in [0.15, 0.2) is 28.7 Å². The molecule has 1 nitrogen and oxygen atoms in total. The molecule has 0 saturated heterocycles. The van der Waals surface area contributed by atoms with Crippen molar-refractivity contribution in [3.05, 3.63) is 34.3 Å². The van der Waals surface area contributed by atoms with Crippen LogP contribution in [0.1, 0.15) is 18.6 Å². The number of hydrogen-bond acceptors (Lipinski definition) is 1. The van der Waals surface area contributed by atoms with E-state index in [1.807, 2.05) is 25.1 Å². The number of alkyl halides is 1. The van der Waals surface area contributed by atoms with E-state index in [1.54, 1.807) is 0 Å². The van der Waals surface area contributed by atoms with Gasteiger partial charge in [-0.05, 0) is 18.6 Å². The topological polar surface area (TPSA) is 9.23 Å². The molecule has 0 heterocycles. The molecule has 0 N–H and O–H groups in total. The van der Waals surface area contributed by atoms with Gasteiger partial charge in [0.2, 0.25) is 0 Å². The van der Waals surface area contributed by atoms with Crippen LogP contribution >= 0.6 is 31.9 Å². The molecule has 1 aromatic carbocycles. The summed E-state index contributed by atoms with van der Waals surface area (Å²) in [5.74, 6) is 0. The molecule has 1 aromatic rings. The second-order valence-corrected chi connectivity index (χ2v) is 4.12. The molecule has 0 radical (unpaired) electrons. The lowest BCUT2D eigenvalue weighted by Crippen LogP contribution is -2.05. The smallest absolute Gasteiger partial charge is 0.0932 e. The number of halogens is 2. The van der Waals surface area contributed by atoms with Crippen molar-refractivity contribution in [2.75, 3.05) is 11.9 Å². The molecule has 0 aliphatic carbocycles. The maximum atomic E-state index is 5.58. The minimum absolute atomic E-state index is 0.139. The third-order valence-corrected chi connectivity index (χ3v) is 3.07. The Bertz CT molecular complexity index is 263.